The molecular weight excluding hydrogens is 483 g/mol. The number of nitrogens with zero attached hydrogens (tertiary/aromatic N) is 5. The molecule has 0 unspecified atom stereocenters. The summed E-state index contributed by atoms with van der Waals surface area (Å²) in [6, 6.07) is 10.2. The van der Waals surface area contributed by atoms with Crippen molar-refractivity contribution < 1.29 is 13.9 Å². The van der Waals surface area contributed by atoms with E-state index in [-0.39, 0.29) is 29.1 Å². The third-order valence-electron chi connectivity index (χ3n) is 4.92. The van der Waals surface area contributed by atoms with Crippen molar-refractivity contribution in [1.82, 2.24) is 24.1 Å². The second kappa shape index (κ2) is 8.87. The van der Waals surface area contributed by atoms with E-state index >= 15 is 0 Å². The predicted octanol–water partition coefficient (Wildman–Crippen LogP) is 2.55. The molecule has 0 fully saturated rings. The number of anilines is 1. The molecule has 0 bridgehead atoms. The van der Waals surface area contributed by atoms with Crippen molar-refractivity contribution in [3.05, 3.63) is 80.5 Å². The minimum absolute atomic E-state index is 0.0499. The first-order chi connectivity index (χ1) is 15.4. The van der Waals surface area contributed by atoms with Crippen molar-refractivity contribution in [2.45, 2.75) is 19.5 Å². The van der Waals surface area contributed by atoms with E-state index in [0.717, 1.165) is 11.1 Å². The quantitative estimate of drug-likeness (QED) is 0.245. The minimum atomic E-state index is -0.942. The number of nitrogens with two attached hydrogens (primary N) is 1. The molecule has 0 radical (unpaired) electrons. The van der Waals surface area contributed by atoms with Crippen molar-refractivity contribution in [2.75, 3.05) is 12.8 Å². The topological polar surface area (TPSA) is 118 Å². The highest BCUT2D eigenvalue weighted by atomic mass is 79.9. The van der Waals surface area contributed by atoms with Gasteiger partial charge >= 0.3 is 12.0 Å². The van der Waals surface area contributed by atoms with E-state index in [0.29, 0.717) is 23.3 Å². The summed E-state index contributed by atoms with van der Waals surface area (Å²) in [5, 5.41) is 0. The molecule has 3 aromatic heterocycles. The van der Waals surface area contributed by atoms with Gasteiger partial charge in [0.25, 0.3) is 5.56 Å². The number of aryl methyl sites for hydroxylation is 2. The Morgan fingerprint density at radius 1 is 1.19 bits per heavy atom. The third kappa shape index (κ3) is 4.37. The molecule has 164 valence electrons. The lowest BCUT2D eigenvalue weighted by Crippen LogP contribution is -2.21. The number of halogens is 2. The lowest BCUT2D eigenvalue weighted by molar-refractivity contribution is 0.0600. The first-order valence-corrected chi connectivity index (χ1v) is 10.4. The van der Waals surface area contributed by atoms with Crippen molar-refractivity contribution in [3.63, 3.8) is 0 Å². The van der Waals surface area contributed by atoms with Gasteiger partial charge in [-0.25, -0.2) is 9.78 Å². The Kier molecular flexibility index (Phi) is 5.99. The lowest BCUT2D eigenvalue weighted by Gasteiger charge is -2.10. The molecule has 0 atom stereocenters. The van der Waals surface area contributed by atoms with Crippen molar-refractivity contribution in [3.8, 4) is 0 Å². The van der Waals surface area contributed by atoms with Crippen LogP contribution in [0.3, 0.4) is 0 Å². The molecular formula is C21H18BrFN6O3. The number of rotatable bonds is 6. The zero-order valence-corrected chi connectivity index (χ0v) is 18.5. The second-order valence-electron chi connectivity index (χ2n) is 7.03. The van der Waals surface area contributed by atoms with Gasteiger partial charge in [0.1, 0.15) is 0 Å². The van der Waals surface area contributed by atoms with Gasteiger partial charge < -0.3 is 15.0 Å². The average Bonchev–Trinajstić information content (AvgIpc) is 3.09. The number of hydrogen-bond acceptors (Lipinski definition) is 7. The first-order valence-electron chi connectivity index (χ1n) is 9.57. The first kappa shape index (κ1) is 21.6. The van der Waals surface area contributed by atoms with Gasteiger partial charge in [-0.1, -0.05) is 18.2 Å². The van der Waals surface area contributed by atoms with Crippen LogP contribution in [0.15, 0.2) is 52.1 Å². The monoisotopic (exact) mass is 500 g/mol. The molecule has 0 aliphatic carbocycles. The molecule has 32 heavy (non-hydrogen) atoms. The Morgan fingerprint density at radius 3 is 2.78 bits per heavy atom. The smallest absolute Gasteiger partial charge is 0.337 e. The Bertz CT molecular complexity index is 1380. The highest BCUT2D eigenvalue weighted by Gasteiger charge is 2.16. The van der Waals surface area contributed by atoms with E-state index in [9.17, 15) is 14.0 Å². The fourth-order valence-electron chi connectivity index (χ4n) is 3.36. The molecule has 0 aliphatic heterocycles. The van der Waals surface area contributed by atoms with Gasteiger partial charge in [0.2, 0.25) is 0 Å². The highest BCUT2D eigenvalue weighted by molar-refractivity contribution is 9.10. The summed E-state index contributed by atoms with van der Waals surface area (Å²) in [7, 11) is 1.33. The Labute approximate surface area is 189 Å². The van der Waals surface area contributed by atoms with Crippen LogP contribution < -0.4 is 11.3 Å². The SMILES string of the molecule is COC(=O)c1cccc(CCn2cc(Cn3c(Br)nc4c(N)nc(F)nc43)ccc2=O)c1. The number of methoxy groups -OCH3 is 1. The van der Waals surface area contributed by atoms with Crippen LogP contribution >= 0.6 is 15.9 Å². The zero-order valence-electron chi connectivity index (χ0n) is 17.0. The second-order valence-corrected chi connectivity index (χ2v) is 7.74. The lowest BCUT2D eigenvalue weighted by atomic mass is 10.1. The number of benzene rings is 1. The van der Waals surface area contributed by atoms with Crippen LogP contribution in [0.4, 0.5) is 10.2 Å². The Hall–Kier alpha value is -3.60. The van der Waals surface area contributed by atoms with E-state index in [1.54, 1.807) is 39.6 Å². The Morgan fingerprint density at radius 2 is 2.00 bits per heavy atom. The van der Waals surface area contributed by atoms with Crippen molar-refractivity contribution >= 4 is 38.9 Å². The maximum atomic E-state index is 13.7. The van der Waals surface area contributed by atoms with E-state index in [1.165, 1.54) is 13.2 Å². The summed E-state index contributed by atoms with van der Waals surface area (Å²) in [6.07, 6.45) is 1.33. The number of carbonyl (C=O) groups excluding carboxylic acids is 1. The summed E-state index contributed by atoms with van der Waals surface area (Å²) in [5.41, 5.74) is 8.26. The summed E-state index contributed by atoms with van der Waals surface area (Å²) in [6.45, 7) is 0.692. The summed E-state index contributed by atoms with van der Waals surface area (Å²) in [4.78, 5) is 35.6. The van der Waals surface area contributed by atoms with Crippen LogP contribution in [0.25, 0.3) is 11.2 Å². The molecule has 0 amide bonds. The molecule has 0 saturated carbocycles. The number of esters is 1. The van der Waals surface area contributed by atoms with Gasteiger partial charge in [-0.15, -0.1) is 0 Å². The number of pyridine rings is 1. The van der Waals surface area contributed by atoms with Gasteiger partial charge in [-0.3, -0.25) is 9.36 Å². The molecule has 0 spiro atoms. The summed E-state index contributed by atoms with van der Waals surface area (Å²) >= 11 is 3.34. The van der Waals surface area contributed by atoms with Crippen molar-refractivity contribution in [1.29, 1.82) is 0 Å². The number of hydrogen-bond donors (Lipinski definition) is 1. The fraction of sp³-hybridized carbons (Fsp3) is 0.190. The number of aromatic nitrogens is 5. The largest absolute Gasteiger partial charge is 0.465 e. The maximum absolute atomic E-state index is 13.7. The summed E-state index contributed by atoms with van der Waals surface area (Å²) in [5.74, 6) is -0.462. The number of imidazole rings is 1. The zero-order chi connectivity index (χ0) is 22.8. The number of fused-ring (bicyclic) bond motifs is 1. The van der Waals surface area contributed by atoms with Crippen LogP contribution in [0.5, 0.6) is 0 Å². The number of ether oxygens (including phenoxy) is 1. The molecule has 2 N–H and O–H groups in total. The van der Waals surface area contributed by atoms with Crippen LogP contribution in [0.1, 0.15) is 21.5 Å². The van der Waals surface area contributed by atoms with E-state index < -0.39 is 12.0 Å². The predicted molar refractivity (Wildman–Crippen MR) is 119 cm³/mol. The van der Waals surface area contributed by atoms with Gasteiger partial charge in [0.05, 0.1) is 19.2 Å². The Balaban J connectivity index is 1.58. The van der Waals surface area contributed by atoms with Gasteiger partial charge in [0.15, 0.2) is 21.7 Å². The molecule has 0 aliphatic rings. The minimum Gasteiger partial charge on any atom is -0.465 e. The van der Waals surface area contributed by atoms with Crippen LogP contribution in [-0.4, -0.2) is 37.2 Å². The molecule has 3 heterocycles. The normalized spacial score (nSPS) is 11.1. The number of carbonyl (C=O) groups is 1. The summed E-state index contributed by atoms with van der Waals surface area (Å²) < 4.78 is 22.1. The molecule has 0 saturated heterocycles. The molecule has 9 nitrogen and oxygen atoms in total. The number of nitrogen functional groups attached to an aromatic ring is 1. The third-order valence-corrected chi connectivity index (χ3v) is 5.53. The molecule has 4 aromatic rings. The molecule has 11 heteroatoms. The van der Waals surface area contributed by atoms with Crippen LogP contribution in [0.2, 0.25) is 0 Å². The highest BCUT2D eigenvalue weighted by Crippen LogP contribution is 2.23. The van der Waals surface area contributed by atoms with Gasteiger partial charge in [-0.2, -0.15) is 14.4 Å². The molecule has 1 aromatic carbocycles. The average molecular weight is 501 g/mol. The van der Waals surface area contributed by atoms with Crippen molar-refractivity contribution in [2.24, 2.45) is 0 Å². The van der Waals surface area contributed by atoms with E-state index in [2.05, 4.69) is 30.9 Å². The van der Waals surface area contributed by atoms with Gasteiger partial charge in [0, 0.05) is 18.8 Å². The van der Waals surface area contributed by atoms with Crippen LogP contribution in [-0.2, 0) is 24.2 Å². The van der Waals surface area contributed by atoms with E-state index in [4.69, 9.17) is 10.5 Å². The molecule has 4 rings (SSSR count). The fourth-order valence-corrected chi connectivity index (χ4v) is 3.83. The maximum Gasteiger partial charge on any atom is 0.337 e. The van der Waals surface area contributed by atoms with E-state index in [1.807, 2.05) is 6.07 Å². The van der Waals surface area contributed by atoms with Crippen LogP contribution in [0, 0.1) is 6.08 Å². The van der Waals surface area contributed by atoms with Gasteiger partial charge in [-0.05, 0) is 45.6 Å². The standard InChI is InChI=1S/C21H18BrFN6O3/c1-32-19(31)14-4-2-3-12(9-14)7-8-28-10-13(5-6-15(28)30)11-29-18-16(25-20(29)22)17(24)26-21(23)27-18/h2-6,9-10H,7-8,11H2,1H3,(H2,24,26,27).